The van der Waals surface area contributed by atoms with Gasteiger partial charge in [0.05, 0.1) is 5.92 Å². The second kappa shape index (κ2) is 7.17. The van der Waals surface area contributed by atoms with Crippen molar-refractivity contribution in [3.05, 3.63) is 0 Å². The van der Waals surface area contributed by atoms with Crippen LogP contribution in [0.25, 0.3) is 0 Å². The zero-order valence-corrected chi connectivity index (χ0v) is 11.3. The van der Waals surface area contributed by atoms with Gasteiger partial charge in [0.2, 0.25) is 5.91 Å². The molecule has 0 saturated carbocycles. The van der Waals surface area contributed by atoms with Crippen LogP contribution in [-0.4, -0.2) is 41.9 Å². The molecule has 3 nitrogen and oxygen atoms in total. The molecule has 94 valence electrons. The lowest BCUT2D eigenvalue weighted by atomic mass is 9.96. The van der Waals surface area contributed by atoms with E-state index in [4.69, 9.17) is 5.73 Å². The molecule has 1 amide bonds. The summed E-state index contributed by atoms with van der Waals surface area (Å²) in [5, 5.41) is 0. The number of carbonyl (C=O) groups excluding carboxylic acids is 1. The van der Waals surface area contributed by atoms with E-state index in [0.717, 1.165) is 31.7 Å². The van der Waals surface area contributed by atoms with Gasteiger partial charge in [-0.15, -0.1) is 0 Å². The quantitative estimate of drug-likeness (QED) is 0.816. The van der Waals surface area contributed by atoms with Crippen molar-refractivity contribution < 1.29 is 4.79 Å². The first-order valence-electron chi connectivity index (χ1n) is 6.21. The number of nitrogens with two attached hydrogens (primary N) is 1. The lowest BCUT2D eigenvalue weighted by Crippen LogP contribution is -2.40. The maximum atomic E-state index is 12.3. The highest BCUT2D eigenvalue weighted by Crippen LogP contribution is 2.17. The second-order valence-electron chi connectivity index (χ2n) is 4.85. The maximum absolute atomic E-state index is 12.3. The van der Waals surface area contributed by atoms with E-state index < -0.39 is 0 Å². The molecule has 1 aliphatic heterocycles. The minimum Gasteiger partial charge on any atom is -0.342 e. The van der Waals surface area contributed by atoms with Crippen LogP contribution in [0, 0.1) is 11.8 Å². The molecule has 0 aromatic rings. The molecule has 1 heterocycles. The molecule has 4 heteroatoms. The van der Waals surface area contributed by atoms with Crippen molar-refractivity contribution in [1.82, 2.24) is 4.90 Å². The minimum atomic E-state index is 0.0306. The van der Waals surface area contributed by atoms with E-state index in [9.17, 15) is 4.79 Å². The first-order chi connectivity index (χ1) is 7.65. The van der Waals surface area contributed by atoms with E-state index >= 15 is 0 Å². The molecule has 0 radical (unpaired) electrons. The van der Waals surface area contributed by atoms with Crippen LogP contribution in [0.1, 0.15) is 26.7 Å². The molecule has 0 aromatic carbocycles. The van der Waals surface area contributed by atoms with Crippen molar-refractivity contribution >= 4 is 17.7 Å². The van der Waals surface area contributed by atoms with Crippen molar-refractivity contribution in [1.29, 1.82) is 0 Å². The fraction of sp³-hybridized carbons (Fsp3) is 0.917. The second-order valence-corrected chi connectivity index (χ2v) is 6.08. The summed E-state index contributed by atoms with van der Waals surface area (Å²) in [5.74, 6) is 3.10. The largest absolute Gasteiger partial charge is 0.342 e. The van der Waals surface area contributed by atoms with Crippen LogP contribution < -0.4 is 5.73 Å². The number of nitrogens with zero attached hydrogens (tertiary/aromatic N) is 1. The molecule has 1 saturated heterocycles. The van der Waals surface area contributed by atoms with E-state index in [1.165, 1.54) is 5.75 Å². The summed E-state index contributed by atoms with van der Waals surface area (Å²) in [7, 11) is 0. The third-order valence-corrected chi connectivity index (χ3v) is 3.97. The van der Waals surface area contributed by atoms with Gasteiger partial charge in [-0.1, -0.05) is 13.8 Å². The molecule has 1 aliphatic rings. The smallest absolute Gasteiger partial charge is 0.226 e. The number of rotatable bonds is 4. The van der Waals surface area contributed by atoms with Crippen molar-refractivity contribution in [2.45, 2.75) is 26.7 Å². The maximum Gasteiger partial charge on any atom is 0.226 e. The number of amides is 1. The van der Waals surface area contributed by atoms with E-state index in [2.05, 4.69) is 13.8 Å². The predicted molar refractivity (Wildman–Crippen MR) is 70.5 cm³/mol. The Morgan fingerprint density at radius 3 is 2.75 bits per heavy atom. The Balaban J connectivity index is 2.51. The highest BCUT2D eigenvalue weighted by molar-refractivity contribution is 7.99. The Kier molecular flexibility index (Phi) is 6.21. The molecule has 0 spiro atoms. The number of hydrogen-bond donors (Lipinski definition) is 1. The number of carbonyl (C=O) groups is 1. The van der Waals surface area contributed by atoms with Crippen LogP contribution in [0.3, 0.4) is 0 Å². The Labute approximate surface area is 103 Å². The Hall–Kier alpha value is -0.220. The number of hydrogen-bond acceptors (Lipinski definition) is 3. The van der Waals surface area contributed by atoms with Crippen LogP contribution in [0.15, 0.2) is 0 Å². The van der Waals surface area contributed by atoms with Gasteiger partial charge in [0.15, 0.2) is 0 Å². The molecular formula is C12H24N2OS. The molecule has 1 atom stereocenters. The normalized spacial score (nSPS) is 19.6. The Morgan fingerprint density at radius 1 is 1.38 bits per heavy atom. The van der Waals surface area contributed by atoms with E-state index in [-0.39, 0.29) is 11.8 Å². The molecule has 0 aliphatic carbocycles. The zero-order chi connectivity index (χ0) is 12.0. The topological polar surface area (TPSA) is 46.3 Å². The highest BCUT2D eigenvalue weighted by atomic mass is 32.2. The van der Waals surface area contributed by atoms with Crippen molar-refractivity contribution in [2.75, 3.05) is 31.1 Å². The van der Waals surface area contributed by atoms with Gasteiger partial charge in [0.25, 0.3) is 0 Å². The van der Waals surface area contributed by atoms with Crippen molar-refractivity contribution in [2.24, 2.45) is 17.6 Å². The van der Waals surface area contributed by atoms with Crippen LogP contribution in [0.5, 0.6) is 0 Å². The molecule has 1 unspecified atom stereocenters. The lowest BCUT2D eigenvalue weighted by Gasteiger charge is -2.26. The Bertz CT molecular complexity index is 209. The molecule has 1 rings (SSSR count). The van der Waals surface area contributed by atoms with Crippen LogP contribution in [0.4, 0.5) is 0 Å². The first-order valence-corrected chi connectivity index (χ1v) is 7.37. The molecule has 0 aromatic heterocycles. The predicted octanol–water partition coefficient (Wildman–Crippen LogP) is 1.57. The SMILES string of the molecule is CC(C)CC(CN)C(=O)N1CCCSCC1. The van der Waals surface area contributed by atoms with Gasteiger partial charge in [-0.25, -0.2) is 0 Å². The van der Waals surface area contributed by atoms with Crippen LogP contribution in [0.2, 0.25) is 0 Å². The molecular weight excluding hydrogens is 220 g/mol. The van der Waals surface area contributed by atoms with E-state index in [0.29, 0.717) is 12.5 Å². The minimum absolute atomic E-state index is 0.0306. The molecule has 2 N–H and O–H groups in total. The summed E-state index contributed by atoms with van der Waals surface area (Å²) >= 11 is 1.94. The average Bonchev–Trinajstić information content (AvgIpc) is 2.53. The van der Waals surface area contributed by atoms with Crippen molar-refractivity contribution in [3.8, 4) is 0 Å². The van der Waals surface area contributed by atoms with Gasteiger partial charge in [-0.3, -0.25) is 4.79 Å². The molecule has 0 bridgehead atoms. The zero-order valence-electron chi connectivity index (χ0n) is 10.4. The first kappa shape index (κ1) is 13.8. The monoisotopic (exact) mass is 244 g/mol. The molecule has 1 fully saturated rings. The van der Waals surface area contributed by atoms with Gasteiger partial charge < -0.3 is 10.6 Å². The fourth-order valence-electron chi connectivity index (χ4n) is 2.09. The van der Waals surface area contributed by atoms with E-state index in [1.807, 2.05) is 16.7 Å². The Morgan fingerprint density at radius 2 is 2.12 bits per heavy atom. The van der Waals surface area contributed by atoms with Crippen LogP contribution in [-0.2, 0) is 4.79 Å². The summed E-state index contributed by atoms with van der Waals surface area (Å²) in [6.45, 7) is 6.60. The summed E-state index contributed by atoms with van der Waals surface area (Å²) in [4.78, 5) is 14.3. The van der Waals surface area contributed by atoms with E-state index in [1.54, 1.807) is 0 Å². The third kappa shape index (κ3) is 4.34. The summed E-state index contributed by atoms with van der Waals surface area (Å²) in [5.41, 5.74) is 5.72. The summed E-state index contributed by atoms with van der Waals surface area (Å²) < 4.78 is 0. The fourth-order valence-corrected chi connectivity index (χ4v) is 2.98. The molecule has 16 heavy (non-hydrogen) atoms. The van der Waals surface area contributed by atoms with Crippen LogP contribution >= 0.6 is 11.8 Å². The third-order valence-electron chi connectivity index (χ3n) is 2.92. The highest BCUT2D eigenvalue weighted by Gasteiger charge is 2.24. The summed E-state index contributed by atoms with van der Waals surface area (Å²) in [6.07, 6.45) is 2.04. The van der Waals surface area contributed by atoms with Gasteiger partial charge in [0, 0.05) is 25.4 Å². The standard InChI is InChI=1S/C12H24N2OS/c1-10(2)8-11(9-13)12(15)14-4-3-6-16-7-5-14/h10-11H,3-9,13H2,1-2H3. The van der Waals surface area contributed by atoms with Gasteiger partial charge in [0.1, 0.15) is 0 Å². The van der Waals surface area contributed by atoms with Crippen molar-refractivity contribution in [3.63, 3.8) is 0 Å². The number of thioether (sulfide) groups is 1. The van der Waals surface area contributed by atoms with Gasteiger partial charge in [-0.05, 0) is 24.5 Å². The lowest BCUT2D eigenvalue weighted by molar-refractivity contribution is -0.135. The van der Waals surface area contributed by atoms with Gasteiger partial charge >= 0.3 is 0 Å². The average molecular weight is 244 g/mol. The van der Waals surface area contributed by atoms with Gasteiger partial charge in [-0.2, -0.15) is 11.8 Å². The summed E-state index contributed by atoms with van der Waals surface area (Å²) in [6, 6.07) is 0.